The minimum Gasteiger partial charge on any atom is -0.334 e. The van der Waals surface area contributed by atoms with Crippen molar-refractivity contribution in [2.75, 3.05) is 0 Å². The molecular weight excluding hydrogens is 239 g/mol. The summed E-state index contributed by atoms with van der Waals surface area (Å²) in [5.74, 6) is 0.00926. The molecule has 3 heteroatoms. The summed E-state index contributed by atoms with van der Waals surface area (Å²) in [5.41, 5.74) is 0. The minimum atomic E-state index is 0. The van der Waals surface area contributed by atoms with Gasteiger partial charge in [-0.15, -0.1) is 0 Å². The van der Waals surface area contributed by atoms with Crippen molar-refractivity contribution in [3.05, 3.63) is 12.7 Å². The first-order chi connectivity index (χ1) is 5.00. The van der Waals surface area contributed by atoms with Gasteiger partial charge in [-0.2, -0.15) is 0 Å². The summed E-state index contributed by atoms with van der Waals surface area (Å²) in [7, 11) is 0. The average molecular weight is 256 g/mol. The van der Waals surface area contributed by atoms with Crippen LogP contribution < -0.4 is 0 Å². The molecule has 0 N–H and O–H groups in total. The summed E-state index contributed by atoms with van der Waals surface area (Å²) in [6, 6.07) is 0.501. The van der Waals surface area contributed by atoms with Gasteiger partial charge in [0.15, 0.2) is 0 Å². The molecule has 0 aliphatic heterocycles. The molecule has 2 nitrogen and oxygen atoms in total. The van der Waals surface area contributed by atoms with Crippen molar-refractivity contribution in [2.24, 2.45) is 0 Å². The van der Waals surface area contributed by atoms with E-state index in [-0.39, 0.29) is 37.5 Å². The van der Waals surface area contributed by atoms with Crippen molar-refractivity contribution in [1.82, 2.24) is 4.90 Å². The van der Waals surface area contributed by atoms with Gasteiger partial charge in [0.05, 0.1) is 0 Å². The second-order valence-electron chi connectivity index (χ2n) is 3.14. The number of hydrogen-bond donors (Lipinski definition) is 0. The molecule has 0 radical (unpaired) electrons. The Bertz CT molecular complexity index is 147. The van der Waals surface area contributed by atoms with E-state index in [2.05, 4.69) is 6.58 Å². The zero-order chi connectivity index (χ0) is 9.02. The van der Waals surface area contributed by atoms with Gasteiger partial charge in [-0.3, -0.25) is 4.79 Å². The number of amides is 1. The van der Waals surface area contributed by atoms with E-state index in [0.29, 0.717) is 0 Å². The summed E-state index contributed by atoms with van der Waals surface area (Å²) in [6.45, 7) is 11.5. The van der Waals surface area contributed by atoms with Crippen molar-refractivity contribution in [3.8, 4) is 0 Å². The fourth-order valence-electron chi connectivity index (χ4n) is 1.21. The van der Waals surface area contributed by atoms with Gasteiger partial charge in [0, 0.05) is 31.6 Å². The quantitative estimate of drug-likeness (QED) is 0.557. The summed E-state index contributed by atoms with van der Waals surface area (Å²) in [5, 5.41) is 0. The molecule has 0 aliphatic carbocycles. The van der Waals surface area contributed by atoms with Crippen LogP contribution in [0.4, 0.5) is 0 Å². The molecule has 72 valence electrons. The Hall–Kier alpha value is -0.167. The summed E-state index contributed by atoms with van der Waals surface area (Å²) < 4.78 is 0. The monoisotopic (exact) mass is 257 g/mol. The van der Waals surface area contributed by atoms with E-state index in [4.69, 9.17) is 0 Å². The third-order valence-corrected chi connectivity index (χ3v) is 1.54. The van der Waals surface area contributed by atoms with Crippen LogP contribution in [-0.4, -0.2) is 22.9 Å². The number of rotatable bonds is 3. The van der Waals surface area contributed by atoms with Crippen molar-refractivity contribution >= 4 is 5.91 Å². The van der Waals surface area contributed by atoms with Gasteiger partial charge < -0.3 is 4.90 Å². The molecule has 0 unspecified atom stereocenters. The molecule has 0 aliphatic rings. The largest absolute Gasteiger partial charge is 0.334 e. The third kappa shape index (κ3) is 4.01. The van der Waals surface area contributed by atoms with Gasteiger partial charge >= 0.3 is 0 Å². The van der Waals surface area contributed by atoms with E-state index in [1.54, 1.807) is 4.90 Å². The first kappa shape index (κ1) is 14.4. The molecule has 0 atom stereocenters. The predicted octanol–water partition coefficient (Wildman–Crippen LogP) is 1.82. The van der Waals surface area contributed by atoms with Gasteiger partial charge in [0.25, 0.3) is 0 Å². The maximum absolute atomic E-state index is 11.2. The van der Waals surface area contributed by atoms with Gasteiger partial charge in [0.1, 0.15) is 0 Å². The van der Waals surface area contributed by atoms with E-state index in [1.807, 2.05) is 27.7 Å². The van der Waals surface area contributed by atoms with E-state index < -0.39 is 0 Å². The smallest absolute Gasteiger partial charge is 0.246 e. The molecule has 12 heavy (non-hydrogen) atoms. The van der Waals surface area contributed by atoms with Crippen molar-refractivity contribution in [2.45, 2.75) is 39.8 Å². The maximum Gasteiger partial charge on any atom is 0.246 e. The Balaban J connectivity index is 0. The van der Waals surface area contributed by atoms with Crippen LogP contribution in [0.1, 0.15) is 27.7 Å². The van der Waals surface area contributed by atoms with E-state index >= 15 is 0 Å². The van der Waals surface area contributed by atoms with Crippen molar-refractivity contribution in [3.63, 3.8) is 0 Å². The van der Waals surface area contributed by atoms with Crippen LogP contribution in [0.2, 0.25) is 0 Å². The fourth-order valence-corrected chi connectivity index (χ4v) is 1.21. The molecule has 0 aromatic rings. The molecule has 0 heterocycles. The average Bonchev–Trinajstić information content (AvgIpc) is 1.85. The second-order valence-corrected chi connectivity index (χ2v) is 3.14. The van der Waals surface area contributed by atoms with Crippen LogP contribution >= 0.6 is 0 Å². The van der Waals surface area contributed by atoms with Crippen molar-refractivity contribution < 1.29 is 24.3 Å². The van der Waals surface area contributed by atoms with Crippen LogP contribution in [-0.2, 0) is 24.3 Å². The standard InChI is InChI=1S/C9H17NO.Ru/c1-6-9(11)10(7(2)3)8(4)5;/h6-8H,1H2,2-5H3;. The fraction of sp³-hybridized carbons (Fsp3) is 0.667. The zero-order valence-corrected chi connectivity index (χ0v) is 9.89. The number of nitrogens with zero attached hydrogens (tertiary/aromatic N) is 1. The molecule has 0 saturated heterocycles. The Morgan fingerprint density at radius 2 is 1.58 bits per heavy atom. The van der Waals surface area contributed by atoms with Crippen LogP contribution in [0.15, 0.2) is 12.7 Å². The van der Waals surface area contributed by atoms with Gasteiger partial charge in [0.2, 0.25) is 5.91 Å². The number of hydrogen-bond acceptors (Lipinski definition) is 1. The second kappa shape index (κ2) is 6.36. The molecule has 0 aromatic carbocycles. The van der Waals surface area contributed by atoms with E-state index in [9.17, 15) is 4.79 Å². The Labute approximate surface area is 87.8 Å². The predicted molar refractivity (Wildman–Crippen MR) is 47.3 cm³/mol. The summed E-state index contributed by atoms with van der Waals surface area (Å²) in [4.78, 5) is 13.0. The van der Waals surface area contributed by atoms with Gasteiger partial charge in [-0.25, -0.2) is 0 Å². The molecule has 1 amide bonds. The molecule has 0 fully saturated rings. The van der Waals surface area contributed by atoms with E-state index in [0.717, 1.165) is 0 Å². The molecule has 0 saturated carbocycles. The van der Waals surface area contributed by atoms with Gasteiger partial charge in [-0.1, -0.05) is 6.58 Å². The minimum absolute atomic E-state index is 0. The molecule has 0 spiro atoms. The van der Waals surface area contributed by atoms with Crippen LogP contribution in [0.3, 0.4) is 0 Å². The molecule has 0 bridgehead atoms. The summed E-state index contributed by atoms with van der Waals surface area (Å²) >= 11 is 0. The topological polar surface area (TPSA) is 20.3 Å². The van der Waals surface area contributed by atoms with Gasteiger partial charge in [-0.05, 0) is 33.8 Å². The number of carbonyl (C=O) groups excluding carboxylic acids is 1. The van der Waals surface area contributed by atoms with Crippen molar-refractivity contribution in [1.29, 1.82) is 0 Å². The molecular formula is C9H17NORu. The number of carbonyl (C=O) groups is 1. The van der Waals surface area contributed by atoms with Crippen LogP contribution in [0.25, 0.3) is 0 Å². The molecule has 0 rings (SSSR count). The molecule has 0 aromatic heterocycles. The Morgan fingerprint density at radius 3 is 1.67 bits per heavy atom. The Morgan fingerprint density at radius 1 is 1.25 bits per heavy atom. The first-order valence-corrected chi connectivity index (χ1v) is 3.95. The van der Waals surface area contributed by atoms with Crippen LogP contribution in [0.5, 0.6) is 0 Å². The van der Waals surface area contributed by atoms with E-state index in [1.165, 1.54) is 6.08 Å². The summed E-state index contributed by atoms with van der Waals surface area (Å²) in [6.07, 6.45) is 1.36. The maximum atomic E-state index is 11.2. The Kier molecular flexibility index (Phi) is 7.61. The third-order valence-electron chi connectivity index (χ3n) is 1.54. The SMILES string of the molecule is C=CC(=O)N(C(C)C)C(C)C.[Ru]. The normalized spacial score (nSPS) is 9.50. The zero-order valence-electron chi connectivity index (χ0n) is 8.15. The first-order valence-electron chi connectivity index (χ1n) is 3.95. The van der Waals surface area contributed by atoms with Crippen LogP contribution in [0, 0.1) is 0 Å².